The third-order valence-electron chi connectivity index (χ3n) is 7.32. The molecule has 1 atom stereocenters. The number of rotatable bonds is 4. The highest BCUT2D eigenvalue weighted by Crippen LogP contribution is 2.32. The predicted molar refractivity (Wildman–Crippen MR) is 134 cm³/mol. The van der Waals surface area contributed by atoms with Gasteiger partial charge in [0.25, 0.3) is 0 Å². The molecule has 1 unspecified atom stereocenters. The molecule has 0 bridgehead atoms. The van der Waals surface area contributed by atoms with Crippen LogP contribution < -0.4 is 4.90 Å². The van der Waals surface area contributed by atoms with Gasteiger partial charge in [-0.2, -0.15) is 0 Å². The van der Waals surface area contributed by atoms with Crippen molar-refractivity contribution in [3.8, 4) is 0 Å². The Morgan fingerprint density at radius 3 is 2.47 bits per heavy atom. The maximum absolute atomic E-state index is 13.6. The molecular weight excluding hydrogens is 418 g/mol. The molecule has 1 saturated carbocycles. The van der Waals surface area contributed by atoms with Crippen molar-refractivity contribution in [2.75, 3.05) is 24.5 Å². The third-order valence-corrected chi connectivity index (χ3v) is 7.57. The van der Waals surface area contributed by atoms with Crippen molar-refractivity contribution in [1.82, 2.24) is 4.90 Å². The lowest BCUT2D eigenvalue weighted by molar-refractivity contribution is -0.123. The van der Waals surface area contributed by atoms with Crippen molar-refractivity contribution in [3.05, 3.63) is 53.2 Å². The van der Waals surface area contributed by atoms with Crippen LogP contribution in [0.25, 0.3) is 0 Å². The number of amidine groups is 1. The third kappa shape index (κ3) is 5.46. The van der Waals surface area contributed by atoms with E-state index in [1.54, 1.807) is 0 Å². The summed E-state index contributed by atoms with van der Waals surface area (Å²) in [6.45, 7) is 11.2. The van der Waals surface area contributed by atoms with Gasteiger partial charge in [-0.05, 0) is 81.7 Å². The van der Waals surface area contributed by atoms with Gasteiger partial charge in [0.05, 0.1) is 5.70 Å². The number of allylic oxidation sites excluding steroid dienone is 2. The molecule has 172 valence electrons. The number of hydrogen-bond acceptors (Lipinski definition) is 3. The van der Waals surface area contributed by atoms with Gasteiger partial charge in [0.1, 0.15) is 5.84 Å². The van der Waals surface area contributed by atoms with Crippen LogP contribution in [0.2, 0.25) is 5.02 Å². The van der Waals surface area contributed by atoms with Crippen LogP contribution in [0.3, 0.4) is 0 Å². The summed E-state index contributed by atoms with van der Waals surface area (Å²) in [4.78, 5) is 22.9. The number of aliphatic imine (C=N–C) groups is 1. The highest BCUT2D eigenvalue weighted by atomic mass is 35.5. The van der Waals surface area contributed by atoms with Gasteiger partial charge in [0.2, 0.25) is 5.91 Å². The molecule has 1 aliphatic carbocycles. The summed E-state index contributed by atoms with van der Waals surface area (Å²) in [7, 11) is 0. The molecule has 4 rings (SSSR count). The second-order valence-corrected chi connectivity index (χ2v) is 10.3. The van der Waals surface area contributed by atoms with E-state index >= 15 is 0 Å². The van der Waals surface area contributed by atoms with Crippen LogP contribution in [-0.4, -0.2) is 36.3 Å². The Morgan fingerprint density at radius 1 is 1.16 bits per heavy atom. The van der Waals surface area contributed by atoms with Gasteiger partial charge in [0.15, 0.2) is 0 Å². The standard InChI is InChI=1S/C27H36ClN3O/c1-19-7-8-20(2)26(29-21(3)17-19)30-15-13-23(14-16-30)27(32)31(18-22-5-4-6-22)25-11-9-24(28)10-12-25/h9-12,17,20,22-23H,3-8,13-16,18H2,1-2H3/b19-17-,29-26?. The van der Waals surface area contributed by atoms with Crippen LogP contribution in [0.1, 0.15) is 58.8 Å². The molecule has 2 heterocycles. The minimum Gasteiger partial charge on any atom is -0.360 e. The summed E-state index contributed by atoms with van der Waals surface area (Å²) >= 11 is 6.10. The Balaban J connectivity index is 1.44. The SMILES string of the molecule is C=C1/C=C(/C)CCC(C)C(N2CCC(C(=O)N(CC3CCC3)c3ccc(Cl)cc3)CC2)=N1. The summed E-state index contributed by atoms with van der Waals surface area (Å²) in [5.41, 5.74) is 3.17. The number of carbonyl (C=O) groups is 1. The van der Waals surface area contributed by atoms with Crippen LogP contribution in [0, 0.1) is 17.8 Å². The lowest BCUT2D eigenvalue weighted by atomic mass is 9.84. The van der Waals surface area contributed by atoms with E-state index in [-0.39, 0.29) is 11.8 Å². The van der Waals surface area contributed by atoms with Gasteiger partial charge in [-0.1, -0.05) is 37.1 Å². The first-order valence-corrected chi connectivity index (χ1v) is 12.5. The molecule has 5 heteroatoms. The van der Waals surface area contributed by atoms with E-state index in [2.05, 4.69) is 31.4 Å². The Morgan fingerprint density at radius 2 is 1.84 bits per heavy atom. The Bertz CT molecular complexity index is 892. The maximum Gasteiger partial charge on any atom is 0.230 e. The van der Waals surface area contributed by atoms with E-state index in [1.165, 1.54) is 24.8 Å². The molecular formula is C27H36ClN3O. The van der Waals surface area contributed by atoms with Crippen molar-refractivity contribution in [1.29, 1.82) is 0 Å². The highest BCUT2D eigenvalue weighted by molar-refractivity contribution is 6.30. The Labute approximate surface area is 198 Å². The fraction of sp³-hybridized carbons (Fsp3) is 0.556. The fourth-order valence-electron chi connectivity index (χ4n) is 5.06. The summed E-state index contributed by atoms with van der Waals surface area (Å²) < 4.78 is 0. The Hall–Kier alpha value is -2.07. The number of amides is 1. The van der Waals surface area contributed by atoms with E-state index in [9.17, 15) is 4.79 Å². The second kappa shape index (κ2) is 10.2. The molecule has 1 aromatic rings. The fourth-order valence-corrected chi connectivity index (χ4v) is 5.18. The van der Waals surface area contributed by atoms with E-state index in [0.717, 1.165) is 62.5 Å². The van der Waals surface area contributed by atoms with Gasteiger partial charge in [-0.15, -0.1) is 0 Å². The number of hydrogen-bond donors (Lipinski definition) is 0. The zero-order valence-corrected chi connectivity index (χ0v) is 20.3. The zero-order chi connectivity index (χ0) is 22.7. The number of anilines is 1. The summed E-state index contributed by atoms with van der Waals surface area (Å²) in [6.07, 6.45) is 9.79. The number of piperidine rings is 1. The summed E-state index contributed by atoms with van der Waals surface area (Å²) in [5, 5.41) is 0.707. The zero-order valence-electron chi connectivity index (χ0n) is 19.5. The molecule has 0 N–H and O–H groups in total. The van der Waals surface area contributed by atoms with Crippen molar-refractivity contribution < 1.29 is 4.79 Å². The lowest BCUT2D eigenvalue weighted by Crippen LogP contribution is -2.47. The van der Waals surface area contributed by atoms with E-state index < -0.39 is 0 Å². The molecule has 3 aliphatic rings. The minimum absolute atomic E-state index is 0.0665. The van der Waals surface area contributed by atoms with Gasteiger partial charge < -0.3 is 9.80 Å². The first-order valence-electron chi connectivity index (χ1n) is 12.2. The van der Waals surface area contributed by atoms with Crippen molar-refractivity contribution in [3.63, 3.8) is 0 Å². The highest BCUT2D eigenvalue weighted by Gasteiger charge is 2.33. The van der Waals surface area contributed by atoms with Crippen molar-refractivity contribution in [2.45, 2.75) is 58.8 Å². The summed E-state index contributed by atoms with van der Waals surface area (Å²) in [6, 6.07) is 7.75. The van der Waals surface area contributed by atoms with Crippen LogP contribution >= 0.6 is 11.6 Å². The molecule has 0 aromatic heterocycles. The topological polar surface area (TPSA) is 35.9 Å². The van der Waals surface area contributed by atoms with E-state index in [1.807, 2.05) is 29.2 Å². The van der Waals surface area contributed by atoms with E-state index in [4.69, 9.17) is 16.6 Å². The van der Waals surface area contributed by atoms with Gasteiger partial charge >= 0.3 is 0 Å². The molecule has 0 spiro atoms. The van der Waals surface area contributed by atoms with Crippen LogP contribution in [0.15, 0.2) is 53.2 Å². The normalized spacial score (nSPS) is 24.7. The number of nitrogens with zero attached hydrogens (tertiary/aromatic N) is 3. The molecule has 2 aliphatic heterocycles. The molecule has 1 amide bonds. The summed E-state index contributed by atoms with van der Waals surface area (Å²) in [5.74, 6) is 2.52. The average molecular weight is 454 g/mol. The van der Waals surface area contributed by atoms with Gasteiger partial charge in [0, 0.05) is 42.2 Å². The van der Waals surface area contributed by atoms with Gasteiger partial charge in [-0.3, -0.25) is 4.79 Å². The number of halogens is 1. The van der Waals surface area contributed by atoms with Crippen molar-refractivity contribution in [2.24, 2.45) is 22.7 Å². The average Bonchev–Trinajstić information content (AvgIpc) is 2.75. The van der Waals surface area contributed by atoms with Crippen LogP contribution in [0.4, 0.5) is 5.69 Å². The van der Waals surface area contributed by atoms with E-state index in [0.29, 0.717) is 16.9 Å². The monoisotopic (exact) mass is 453 g/mol. The maximum atomic E-state index is 13.6. The second-order valence-electron chi connectivity index (χ2n) is 9.88. The largest absolute Gasteiger partial charge is 0.360 e. The molecule has 2 fully saturated rings. The number of benzene rings is 1. The molecule has 4 nitrogen and oxygen atoms in total. The number of carbonyl (C=O) groups excluding carboxylic acids is 1. The quantitative estimate of drug-likeness (QED) is 0.523. The lowest BCUT2D eigenvalue weighted by Gasteiger charge is -2.39. The van der Waals surface area contributed by atoms with Gasteiger partial charge in [-0.25, -0.2) is 4.99 Å². The van der Waals surface area contributed by atoms with Crippen LogP contribution in [0.5, 0.6) is 0 Å². The molecule has 1 aromatic carbocycles. The molecule has 32 heavy (non-hydrogen) atoms. The number of likely N-dealkylation sites (tertiary alicyclic amines) is 1. The molecule has 0 radical (unpaired) electrons. The smallest absolute Gasteiger partial charge is 0.230 e. The first kappa shape index (κ1) is 23.1. The van der Waals surface area contributed by atoms with Crippen molar-refractivity contribution >= 4 is 29.0 Å². The Kier molecular flexibility index (Phi) is 7.40. The van der Waals surface area contributed by atoms with Crippen LogP contribution in [-0.2, 0) is 4.79 Å². The predicted octanol–water partition coefficient (Wildman–Crippen LogP) is 6.47. The molecule has 1 saturated heterocycles. The minimum atomic E-state index is 0.0665. The first-order chi connectivity index (χ1) is 15.4.